The van der Waals surface area contributed by atoms with Gasteiger partial charge < -0.3 is 35.6 Å². The van der Waals surface area contributed by atoms with E-state index < -0.39 is 140 Å². The van der Waals surface area contributed by atoms with Crippen LogP contribution in [0, 0.1) is 52.3 Å². The number of urea groups is 1. The monoisotopic (exact) mass is 1180 g/mol. The van der Waals surface area contributed by atoms with Gasteiger partial charge in [0.2, 0.25) is 11.0 Å². The van der Waals surface area contributed by atoms with Crippen LogP contribution in [-0.2, 0) is 73.8 Å². The number of halogens is 3. The summed E-state index contributed by atoms with van der Waals surface area (Å²) in [5.41, 5.74) is -3.33. The summed E-state index contributed by atoms with van der Waals surface area (Å²) in [6.07, 6.45) is 1.33. The van der Waals surface area contributed by atoms with Crippen LogP contribution in [0.1, 0.15) is 130 Å². The molecule has 80 heavy (non-hydrogen) atoms. The normalized spacial score (nSPS) is 31.1. The van der Waals surface area contributed by atoms with E-state index in [1.807, 2.05) is 0 Å². The first-order valence-corrected chi connectivity index (χ1v) is 31.0. The number of phosphoric ester groups is 2. The van der Waals surface area contributed by atoms with E-state index in [0.29, 0.717) is 12.0 Å². The second-order valence-corrected chi connectivity index (χ2v) is 26.1. The predicted octanol–water partition coefficient (Wildman–Crippen LogP) is 8.52. The van der Waals surface area contributed by atoms with E-state index in [1.165, 1.54) is 45.0 Å². The third kappa shape index (κ3) is 14.5. The molecule has 0 heterocycles. The van der Waals surface area contributed by atoms with Gasteiger partial charge in [-0.2, -0.15) is 4.31 Å². The first-order chi connectivity index (χ1) is 37.6. The first-order valence-electron chi connectivity index (χ1n) is 27.0. The van der Waals surface area contributed by atoms with Gasteiger partial charge in [0, 0.05) is 60.8 Å². The number of rotatable bonds is 26. The summed E-state index contributed by atoms with van der Waals surface area (Å²) in [4.78, 5) is 114. The number of hydrogen-bond donors (Lipinski definition) is 5. The topological polar surface area (TPSA) is 290 Å². The number of thioether (sulfide) groups is 1. The maximum absolute atomic E-state index is 18.9. The molecule has 0 aliphatic heterocycles. The Morgan fingerprint density at radius 3 is 2.36 bits per heavy atom. The number of amides is 3. The number of carbonyl (C=O) groups excluding carboxylic acids is 7. The molecule has 3 fully saturated rings. The second-order valence-electron chi connectivity index (χ2n) is 22.2. The molecule has 6 N–H and O–H groups in total. The van der Waals surface area contributed by atoms with Crippen molar-refractivity contribution in [1.82, 2.24) is 10.6 Å². The summed E-state index contributed by atoms with van der Waals surface area (Å²) < 4.78 is 104. The molecule has 0 saturated heterocycles. The van der Waals surface area contributed by atoms with E-state index in [2.05, 4.69) is 22.5 Å². The molecule has 5 aliphatic rings. The molecule has 6 rings (SSSR count). The Morgan fingerprint density at radius 2 is 1.70 bits per heavy atom. The summed E-state index contributed by atoms with van der Waals surface area (Å²) in [6.45, 7) is 8.44. The lowest BCUT2D eigenvalue weighted by Gasteiger charge is -2.63. The molecular formula is C55H74F3N3O16P2S. The van der Waals surface area contributed by atoms with Crippen molar-refractivity contribution in [1.29, 1.82) is 0 Å². The molecule has 0 aromatic heterocycles. The second kappa shape index (κ2) is 26.8. The van der Waals surface area contributed by atoms with Crippen molar-refractivity contribution in [2.24, 2.45) is 46.2 Å². The molecule has 0 spiro atoms. The van der Waals surface area contributed by atoms with Crippen molar-refractivity contribution in [2.45, 2.75) is 167 Å². The quantitative estimate of drug-likeness (QED) is 0.0251. The minimum atomic E-state index is -5.96. The van der Waals surface area contributed by atoms with Crippen LogP contribution in [0.4, 0.5) is 18.0 Å². The lowest BCUT2D eigenvalue weighted by Crippen LogP contribution is -2.71. The maximum Gasteiger partial charge on any atom is 0.481 e. The van der Waals surface area contributed by atoms with E-state index >= 15 is 8.78 Å². The molecule has 1 aromatic carbocycles. The number of Topliss-reactive ketones (excluding diaryl/α,β-unsaturated/α-hetero) is 2. The number of carbonyl (C=O) groups is 7. The fourth-order valence-corrected chi connectivity index (χ4v) is 15.7. The average Bonchev–Trinajstić information content (AvgIpc) is 3.62. The van der Waals surface area contributed by atoms with E-state index in [-0.39, 0.29) is 92.4 Å². The Morgan fingerprint density at radius 1 is 1.00 bits per heavy atom. The fourth-order valence-electron chi connectivity index (χ4n) is 12.6. The van der Waals surface area contributed by atoms with Crippen molar-refractivity contribution in [3.05, 3.63) is 59.2 Å². The molecule has 3 amide bonds. The largest absolute Gasteiger partial charge is 0.481 e. The predicted molar refractivity (Wildman–Crippen MR) is 288 cm³/mol. The minimum absolute atomic E-state index is 0.0442. The highest BCUT2D eigenvalue weighted by Crippen LogP contribution is 2.74. The minimum Gasteiger partial charge on any atom is -0.449 e. The number of phosphoric acid groups is 2. The highest BCUT2D eigenvalue weighted by atomic mass is 32.2. The molecule has 19 nitrogen and oxygen atoms in total. The Kier molecular flexibility index (Phi) is 21.7. The molecule has 25 heteroatoms. The first kappa shape index (κ1) is 64.7. The third-order valence-corrected chi connectivity index (χ3v) is 20.0. The van der Waals surface area contributed by atoms with Crippen molar-refractivity contribution in [3.63, 3.8) is 0 Å². The SMILES string of the molecule is CCC(=O)O[C@]1(C(=O)SCF)[C@H](C)C[C@H]2[C@@H]3C[C@H](F)C4=CC(=O)C=C[C@]4(C)[C@@]3(F)[C@@H](OP(=O)(O)OP(=O)(O)OCc3ccc(CC(=O)[C@H](CCCNC(N)=O)NC(=O)[C@@H](CC(=O)COC4C#CCCCCC4)C(C)C)cc3)C[C@@]21C. The number of ether oxygens (including phenoxy) is 2. The van der Waals surface area contributed by atoms with E-state index in [9.17, 15) is 56.9 Å². The smallest absolute Gasteiger partial charge is 0.449 e. The molecule has 0 radical (unpaired) electrons. The van der Waals surface area contributed by atoms with Crippen LogP contribution in [0.2, 0.25) is 0 Å². The number of allylic oxidation sites excluding steroid dienone is 4. The van der Waals surface area contributed by atoms with E-state index in [4.69, 9.17) is 28.6 Å². The fraction of sp³-hybridized carbons (Fsp3) is 0.655. The zero-order chi connectivity index (χ0) is 59.0. The van der Waals surface area contributed by atoms with E-state index in [0.717, 1.165) is 43.9 Å². The zero-order valence-electron chi connectivity index (χ0n) is 45.9. The molecule has 0 bridgehead atoms. The number of hydrogen-bond acceptors (Lipinski definition) is 15. The number of esters is 1. The van der Waals surface area contributed by atoms with Crippen molar-refractivity contribution >= 4 is 67.8 Å². The highest BCUT2D eigenvalue weighted by Gasteiger charge is 2.79. The van der Waals surface area contributed by atoms with Gasteiger partial charge in [-0.15, -0.1) is 5.92 Å². The van der Waals surface area contributed by atoms with Gasteiger partial charge in [0.25, 0.3) is 0 Å². The van der Waals surface area contributed by atoms with Gasteiger partial charge in [0.05, 0.1) is 12.6 Å². The van der Waals surface area contributed by atoms with Gasteiger partial charge in [-0.25, -0.2) is 27.1 Å². The number of nitrogens with two attached hydrogens (primary N) is 1. The number of benzene rings is 1. The Balaban J connectivity index is 1.15. The van der Waals surface area contributed by atoms with Gasteiger partial charge in [-0.3, -0.25) is 37.8 Å². The Labute approximate surface area is 468 Å². The number of ketones is 3. The Bertz CT molecular complexity index is 2740. The van der Waals surface area contributed by atoms with Gasteiger partial charge in [-0.05, 0) is 111 Å². The molecule has 5 aliphatic carbocycles. The third-order valence-electron chi connectivity index (χ3n) is 16.7. The number of nitrogens with one attached hydrogen (secondary N) is 2. The van der Waals surface area contributed by atoms with Crippen LogP contribution >= 0.6 is 27.4 Å². The molecule has 442 valence electrons. The highest BCUT2D eigenvalue weighted by molar-refractivity contribution is 8.13. The Hall–Kier alpha value is -4.49. The van der Waals surface area contributed by atoms with Crippen molar-refractivity contribution in [2.75, 3.05) is 19.2 Å². The maximum atomic E-state index is 18.9. The van der Waals surface area contributed by atoms with Crippen LogP contribution in [0.15, 0.2) is 48.1 Å². The number of primary amides is 1. The molecule has 3 saturated carbocycles. The summed E-state index contributed by atoms with van der Waals surface area (Å²) >= 11 is 0.207. The van der Waals surface area contributed by atoms with Crippen LogP contribution in [-0.4, -0.2) is 105 Å². The van der Waals surface area contributed by atoms with Gasteiger partial charge in [0.15, 0.2) is 28.6 Å². The van der Waals surface area contributed by atoms with Crippen LogP contribution in [0.5, 0.6) is 0 Å². The average molecular weight is 1180 g/mol. The molecular weight excluding hydrogens is 1110 g/mol. The number of alkyl halides is 3. The summed E-state index contributed by atoms with van der Waals surface area (Å²) in [7, 11) is -11.6. The number of fused-ring (bicyclic) bond motifs is 5. The van der Waals surface area contributed by atoms with Crippen LogP contribution in [0.25, 0.3) is 0 Å². The standard InChI is InChI=1S/C55H74F3N3O16P2S/c1-7-48(65)75-55(50(67)80-32-56)34(4)24-41-42-28-44(57)43-27-37(62)21-22-52(43,5)54(42,58)47(29-53(41,55)6)76-79(71,72)77-78(69,70)74-30-36-19-17-35(18-20-36)25-46(64)45(16-13-23-60-51(59)68)61-49(66)40(33(2)3)26-38(63)31-73-39-14-11-9-8-10-12-15-39/h17-22,27,33-34,39-42,44-45,47H,7-11,13-14,16,23-26,28-32H2,1-6H3,(H,61,66)(H,69,70)(H,71,72)(H3,59,60,68)/t34-,39?,40+,41+,42+,44+,45+,47+,52+,53+,54+,55+/m1/s1. The van der Waals surface area contributed by atoms with Crippen molar-refractivity contribution < 1.29 is 88.5 Å². The molecule has 1 aromatic rings. The van der Waals surface area contributed by atoms with Crippen molar-refractivity contribution in [3.8, 4) is 11.8 Å². The molecule has 3 unspecified atom stereocenters. The van der Waals surface area contributed by atoms with Gasteiger partial charge >= 0.3 is 27.6 Å². The zero-order valence-corrected chi connectivity index (χ0v) is 48.5. The van der Waals surface area contributed by atoms with Crippen LogP contribution in [0.3, 0.4) is 0 Å². The molecule has 14 atom stereocenters. The van der Waals surface area contributed by atoms with Gasteiger partial charge in [-0.1, -0.05) is 77.3 Å². The summed E-state index contributed by atoms with van der Waals surface area (Å²) in [5, 5.41) is 4.32. The summed E-state index contributed by atoms with van der Waals surface area (Å²) in [5.74, 6) is -1.17. The summed E-state index contributed by atoms with van der Waals surface area (Å²) in [6, 6.07) is 2.73. The lowest BCUT2D eigenvalue weighted by atomic mass is 9.44. The van der Waals surface area contributed by atoms with E-state index in [1.54, 1.807) is 20.8 Å². The van der Waals surface area contributed by atoms with Gasteiger partial charge in [0.1, 0.15) is 31.0 Å². The lowest BCUT2D eigenvalue weighted by molar-refractivity contribution is -0.225. The van der Waals surface area contributed by atoms with Crippen LogP contribution < -0.4 is 16.4 Å².